The number of phenolic OH excluding ortho intramolecular Hbond substituents is 1. The van der Waals surface area contributed by atoms with Crippen LogP contribution in [0, 0.1) is 29.3 Å². The molecule has 0 bridgehead atoms. The second-order valence-corrected chi connectivity index (χ2v) is 9.00. The minimum absolute atomic E-state index is 0.0689. The monoisotopic (exact) mass is 402 g/mol. The van der Waals surface area contributed by atoms with Crippen molar-refractivity contribution in [3.8, 4) is 28.0 Å². The molecule has 0 amide bonds. The fourth-order valence-electron chi connectivity index (χ4n) is 5.43. The molecule has 0 radical (unpaired) electrons. The zero-order chi connectivity index (χ0) is 20.3. The Labute approximate surface area is 168 Å². The molecular weight excluding hydrogens is 377 g/mol. The fraction of sp³-hybridized carbons (Fsp3) is 0.500. The van der Waals surface area contributed by atoms with E-state index in [0.717, 1.165) is 24.8 Å². The largest absolute Gasteiger partial charge is 0.505 e. The van der Waals surface area contributed by atoms with Crippen molar-refractivity contribution in [3.05, 3.63) is 41.2 Å². The van der Waals surface area contributed by atoms with Gasteiger partial charge < -0.3 is 9.84 Å². The number of benzene rings is 2. The number of phenols is 1. The van der Waals surface area contributed by atoms with Gasteiger partial charge in [0.2, 0.25) is 5.82 Å². The number of aromatic hydroxyl groups is 1. The standard InChI is InChI=1S/C24H25F3O2/c1-12-2-4-13(5-3-12)19-9-6-14(11-29-19)15-7-8-16-17-10-18(28)23(26)24(27)21(17)20(16)22(15)25/h7-8,10,12-14,19,28H,2-6,9,11H2,1H3. The highest BCUT2D eigenvalue weighted by Gasteiger charge is 2.37. The van der Waals surface area contributed by atoms with E-state index in [1.807, 2.05) is 0 Å². The van der Waals surface area contributed by atoms with Crippen LogP contribution in [-0.4, -0.2) is 17.8 Å². The summed E-state index contributed by atoms with van der Waals surface area (Å²) in [6, 6.07) is 4.63. The van der Waals surface area contributed by atoms with Crippen molar-refractivity contribution in [3.63, 3.8) is 0 Å². The van der Waals surface area contributed by atoms with Crippen molar-refractivity contribution in [2.75, 3.05) is 6.61 Å². The molecule has 2 nitrogen and oxygen atoms in total. The van der Waals surface area contributed by atoms with Crippen LogP contribution in [0.4, 0.5) is 13.2 Å². The van der Waals surface area contributed by atoms with E-state index in [9.17, 15) is 13.9 Å². The molecule has 5 rings (SSSR count). The molecule has 1 saturated heterocycles. The SMILES string of the molecule is CC1CCC(C2CCC(c3ccc4c(c3F)-c3c-4cc(O)c(F)c3F)CO2)CC1. The van der Waals surface area contributed by atoms with Gasteiger partial charge in [0.05, 0.1) is 12.7 Å². The van der Waals surface area contributed by atoms with Gasteiger partial charge in [0.15, 0.2) is 11.6 Å². The van der Waals surface area contributed by atoms with Crippen molar-refractivity contribution >= 4 is 0 Å². The average molecular weight is 402 g/mol. The second-order valence-electron chi connectivity index (χ2n) is 9.00. The Morgan fingerprint density at radius 3 is 2.28 bits per heavy atom. The molecule has 2 aromatic carbocycles. The number of hydrogen-bond acceptors (Lipinski definition) is 2. The number of ether oxygens (including phenoxy) is 1. The Hall–Kier alpha value is -2.01. The predicted octanol–water partition coefficient (Wildman–Crippen LogP) is 6.55. The van der Waals surface area contributed by atoms with E-state index in [0.29, 0.717) is 29.2 Å². The van der Waals surface area contributed by atoms with Crippen molar-refractivity contribution in [1.82, 2.24) is 0 Å². The van der Waals surface area contributed by atoms with Crippen LogP contribution in [-0.2, 0) is 4.74 Å². The molecule has 3 aliphatic rings. The first-order valence-corrected chi connectivity index (χ1v) is 10.6. The number of rotatable bonds is 2. The summed E-state index contributed by atoms with van der Waals surface area (Å²) in [6.45, 7) is 2.77. The lowest BCUT2D eigenvalue weighted by Gasteiger charge is -2.38. The summed E-state index contributed by atoms with van der Waals surface area (Å²) in [5.41, 5.74) is 1.44. The lowest BCUT2D eigenvalue weighted by atomic mass is 9.75. The molecule has 2 aromatic rings. The second kappa shape index (κ2) is 7.05. The zero-order valence-electron chi connectivity index (χ0n) is 16.5. The summed E-state index contributed by atoms with van der Waals surface area (Å²) >= 11 is 0. The molecule has 5 heteroatoms. The van der Waals surface area contributed by atoms with Gasteiger partial charge >= 0.3 is 0 Å². The van der Waals surface area contributed by atoms with Gasteiger partial charge in [0.25, 0.3) is 0 Å². The maximum atomic E-state index is 15.3. The summed E-state index contributed by atoms with van der Waals surface area (Å²) in [5, 5.41) is 9.51. The number of hydrogen-bond donors (Lipinski definition) is 1. The topological polar surface area (TPSA) is 29.5 Å². The predicted molar refractivity (Wildman–Crippen MR) is 105 cm³/mol. The third-order valence-corrected chi connectivity index (χ3v) is 7.24. The molecular formula is C24H25F3O2. The van der Waals surface area contributed by atoms with Crippen LogP contribution in [0.25, 0.3) is 22.3 Å². The first-order chi connectivity index (χ1) is 14.0. The van der Waals surface area contributed by atoms with E-state index in [1.54, 1.807) is 12.1 Å². The summed E-state index contributed by atoms with van der Waals surface area (Å²) in [6.07, 6.45) is 6.92. The lowest BCUT2D eigenvalue weighted by molar-refractivity contribution is -0.0431. The zero-order valence-corrected chi connectivity index (χ0v) is 16.5. The van der Waals surface area contributed by atoms with E-state index in [1.165, 1.54) is 25.7 Å². The van der Waals surface area contributed by atoms with Gasteiger partial charge in [-0.3, -0.25) is 0 Å². The van der Waals surface area contributed by atoms with Crippen LogP contribution in [0.1, 0.15) is 56.9 Å². The van der Waals surface area contributed by atoms with Crippen molar-refractivity contribution in [2.45, 2.75) is 57.5 Å². The van der Waals surface area contributed by atoms with E-state index in [4.69, 9.17) is 4.74 Å². The third-order valence-electron chi connectivity index (χ3n) is 7.24. The molecule has 2 atom stereocenters. The Bertz CT molecular complexity index is 955. The lowest BCUT2D eigenvalue weighted by Crippen LogP contribution is -2.33. The van der Waals surface area contributed by atoms with Crippen LogP contribution in [0.3, 0.4) is 0 Å². The quantitative estimate of drug-likeness (QED) is 0.527. The highest BCUT2D eigenvalue weighted by molar-refractivity contribution is 6.03. The molecule has 1 N–H and O–H groups in total. The van der Waals surface area contributed by atoms with E-state index in [-0.39, 0.29) is 23.1 Å². The average Bonchev–Trinajstić information content (AvgIpc) is 2.72. The van der Waals surface area contributed by atoms with E-state index >= 15 is 4.39 Å². The molecule has 2 unspecified atom stereocenters. The van der Waals surface area contributed by atoms with Crippen molar-refractivity contribution < 1.29 is 23.0 Å². The maximum absolute atomic E-state index is 15.3. The molecule has 154 valence electrons. The fourth-order valence-corrected chi connectivity index (χ4v) is 5.43. The Balaban J connectivity index is 1.35. The molecule has 1 heterocycles. The van der Waals surface area contributed by atoms with Gasteiger partial charge in [-0.2, -0.15) is 4.39 Å². The van der Waals surface area contributed by atoms with Gasteiger partial charge in [-0.25, -0.2) is 8.78 Å². The van der Waals surface area contributed by atoms with Crippen LogP contribution in [0.5, 0.6) is 5.75 Å². The molecule has 2 aliphatic carbocycles. The minimum atomic E-state index is -1.33. The molecule has 1 saturated carbocycles. The van der Waals surface area contributed by atoms with Crippen LogP contribution in [0.15, 0.2) is 18.2 Å². The van der Waals surface area contributed by atoms with Gasteiger partial charge in [-0.1, -0.05) is 31.9 Å². The molecule has 0 spiro atoms. The Morgan fingerprint density at radius 1 is 0.862 bits per heavy atom. The van der Waals surface area contributed by atoms with E-state index < -0.39 is 23.2 Å². The first kappa shape index (κ1) is 19.0. The van der Waals surface area contributed by atoms with Crippen LogP contribution >= 0.6 is 0 Å². The Kier molecular flexibility index (Phi) is 4.61. The van der Waals surface area contributed by atoms with Crippen molar-refractivity contribution in [2.24, 2.45) is 11.8 Å². The highest BCUT2D eigenvalue weighted by Crippen LogP contribution is 2.53. The normalized spacial score (nSPS) is 28.4. The van der Waals surface area contributed by atoms with Crippen molar-refractivity contribution in [1.29, 1.82) is 0 Å². The summed E-state index contributed by atoms with van der Waals surface area (Å²) in [5.74, 6) is -2.43. The first-order valence-electron chi connectivity index (χ1n) is 10.6. The third kappa shape index (κ3) is 2.97. The number of halogens is 3. The molecule has 2 fully saturated rings. The summed E-state index contributed by atoms with van der Waals surface area (Å²) in [4.78, 5) is 0. The van der Waals surface area contributed by atoms with Gasteiger partial charge in [-0.05, 0) is 60.3 Å². The number of fused-ring (bicyclic) bond motifs is 4. The molecule has 29 heavy (non-hydrogen) atoms. The Morgan fingerprint density at radius 2 is 1.59 bits per heavy atom. The summed E-state index contributed by atoms with van der Waals surface area (Å²) in [7, 11) is 0. The summed E-state index contributed by atoms with van der Waals surface area (Å²) < 4.78 is 49.5. The molecule has 0 aromatic heterocycles. The van der Waals surface area contributed by atoms with Gasteiger partial charge in [0.1, 0.15) is 5.82 Å². The minimum Gasteiger partial charge on any atom is -0.505 e. The smallest absolute Gasteiger partial charge is 0.201 e. The van der Waals surface area contributed by atoms with Crippen LogP contribution < -0.4 is 0 Å². The highest BCUT2D eigenvalue weighted by atomic mass is 19.2. The maximum Gasteiger partial charge on any atom is 0.201 e. The van der Waals surface area contributed by atoms with Gasteiger partial charge in [-0.15, -0.1) is 0 Å². The molecule has 1 aliphatic heterocycles. The van der Waals surface area contributed by atoms with Gasteiger partial charge in [0, 0.05) is 17.0 Å². The van der Waals surface area contributed by atoms with E-state index in [2.05, 4.69) is 6.92 Å². The van der Waals surface area contributed by atoms with Crippen LogP contribution in [0.2, 0.25) is 0 Å².